The highest BCUT2D eigenvalue weighted by Gasteiger charge is 2.13. The van der Waals surface area contributed by atoms with Gasteiger partial charge in [0.2, 0.25) is 10.0 Å². The van der Waals surface area contributed by atoms with Gasteiger partial charge in [0.25, 0.3) is 5.91 Å². The van der Waals surface area contributed by atoms with Crippen LogP contribution in [0.1, 0.15) is 0 Å². The molecule has 0 aliphatic heterocycles. The number of nitrogens with two attached hydrogens (primary N) is 1. The fourth-order valence-electron chi connectivity index (χ4n) is 2.60. The Balaban J connectivity index is 1.91. The number of allylic oxidation sites excluding steroid dienone is 1. The maximum absolute atomic E-state index is 12.3. The predicted molar refractivity (Wildman–Crippen MR) is 110 cm³/mol. The lowest BCUT2D eigenvalue weighted by Gasteiger charge is -2.05. The fraction of sp³-hybridized carbons (Fsp3) is 0.158. The maximum Gasteiger partial charge on any atom is 0.286 e. The lowest BCUT2D eigenvalue weighted by molar-refractivity contribution is -0.120. The molecule has 1 aromatic heterocycles. The maximum atomic E-state index is 12.3. The van der Waals surface area contributed by atoms with Crippen molar-refractivity contribution in [3.63, 3.8) is 0 Å². The molecule has 1 amide bonds. The van der Waals surface area contributed by atoms with Crippen molar-refractivity contribution in [3.05, 3.63) is 59.9 Å². The Hall–Kier alpha value is -2.95. The molecule has 0 bridgehead atoms. The average Bonchev–Trinajstić information content (AvgIpc) is 3.02. The van der Waals surface area contributed by atoms with Gasteiger partial charge in [0.15, 0.2) is 11.4 Å². The van der Waals surface area contributed by atoms with Crippen LogP contribution in [0.5, 0.6) is 11.5 Å². The van der Waals surface area contributed by atoms with E-state index < -0.39 is 15.9 Å². The van der Waals surface area contributed by atoms with E-state index in [9.17, 15) is 13.2 Å². The zero-order valence-electron chi connectivity index (χ0n) is 15.6. The van der Waals surface area contributed by atoms with E-state index in [-0.39, 0.29) is 11.5 Å². The van der Waals surface area contributed by atoms with Gasteiger partial charge in [0.05, 0.1) is 22.2 Å². The summed E-state index contributed by atoms with van der Waals surface area (Å²) in [6.45, 7) is 3.86. The Bertz CT molecular complexity index is 1240. The molecule has 0 atom stereocenters. The number of sulfonamides is 1. The summed E-state index contributed by atoms with van der Waals surface area (Å²) >= 11 is 1.18. The second kappa shape index (κ2) is 8.60. The van der Waals surface area contributed by atoms with Crippen LogP contribution >= 0.6 is 11.3 Å². The first-order valence-electron chi connectivity index (χ1n) is 8.43. The van der Waals surface area contributed by atoms with E-state index in [0.29, 0.717) is 27.5 Å². The van der Waals surface area contributed by atoms with Crippen LogP contribution in [0.4, 0.5) is 0 Å². The van der Waals surface area contributed by atoms with Crippen molar-refractivity contribution < 1.29 is 22.7 Å². The van der Waals surface area contributed by atoms with Crippen LogP contribution in [-0.2, 0) is 21.4 Å². The molecule has 0 spiro atoms. The monoisotopic (exact) mass is 433 g/mol. The molecule has 10 heteroatoms. The summed E-state index contributed by atoms with van der Waals surface area (Å²) in [4.78, 5) is 16.9. The van der Waals surface area contributed by atoms with Crippen molar-refractivity contribution in [1.29, 1.82) is 0 Å². The summed E-state index contributed by atoms with van der Waals surface area (Å²) in [6.07, 6.45) is 1.66. The number of ether oxygens (including phenoxy) is 2. The van der Waals surface area contributed by atoms with Crippen LogP contribution in [0.3, 0.4) is 0 Å². The van der Waals surface area contributed by atoms with Crippen LogP contribution in [0.25, 0.3) is 10.2 Å². The number of primary sulfonamides is 1. The quantitative estimate of drug-likeness (QED) is 0.573. The minimum atomic E-state index is -3.83. The normalized spacial score (nSPS) is 12.1. The number of nitrogens with zero attached hydrogens (tertiary/aromatic N) is 2. The summed E-state index contributed by atoms with van der Waals surface area (Å²) in [5.74, 6) is 0.621. The second-order valence-electron chi connectivity index (χ2n) is 5.93. The number of thiazole rings is 1. The fourth-order valence-corrected chi connectivity index (χ4v) is 4.31. The van der Waals surface area contributed by atoms with Crippen LogP contribution in [0, 0.1) is 0 Å². The molecule has 3 rings (SSSR count). The third-order valence-corrected chi connectivity index (χ3v) is 5.87. The van der Waals surface area contributed by atoms with E-state index in [4.69, 9.17) is 14.6 Å². The first-order chi connectivity index (χ1) is 13.8. The number of benzene rings is 2. The van der Waals surface area contributed by atoms with Crippen LogP contribution in [0.2, 0.25) is 0 Å². The Morgan fingerprint density at radius 1 is 1.28 bits per heavy atom. The smallest absolute Gasteiger partial charge is 0.286 e. The zero-order chi connectivity index (χ0) is 21.0. The molecule has 152 valence electrons. The minimum Gasteiger partial charge on any atom is -0.497 e. The van der Waals surface area contributed by atoms with Crippen LogP contribution in [-0.4, -0.2) is 32.6 Å². The third kappa shape index (κ3) is 4.91. The van der Waals surface area contributed by atoms with E-state index in [2.05, 4.69) is 11.6 Å². The molecular weight excluding hydrogens is 414 g/mol. The summed E-state index contributed by atoms with van der Waals surface area (Å²) in [7, 11) is -2.29. The number of amides is 1. The van der Waals surface area contributed by atoms with Gasteiger partial charge in [-0.3, -0.25) is 4.79 Å². The molecule has 0 aliphatic carbocycles. The van der Waals surface area contributed by atoms with E-state index in [1.54, 1.807) is 48.1 Å². The van der Waals surface area contributed by atoms with E-state index >= 15 is 0 Å². The Kier molecular flexibility index (Phi) is 6.16. The van der Waals surface area contributed by atoms with Gasteiger partial charge in [-0.15, -0.1) is 6.58 Å². The second-order valence-corrected chi connectivity index (χ2v) is 8.50. The summed E-state index contributed by atoms with van der Waals surface area (Å²) in [6, 6.07) is 11.4. The number of hydrogen-bond acceptors (Lipinski definition) is 6. The number of hydrogen-bond donors (Lipinski definition) is 1. The summed E-state index contributed by atoms with van der Waals surface area (Å²) in [5, 5.41) is 5.20. The largest absolute Gasteiger partial charge is 0.497 e. The van der Waals surface area contributed by atoms with Gasteiger partial charge >= 0.3 is 0 Å². The van der Waals surface area contributed by atoms with Gasteiger partial charge in [0.1, 0.15) is 11.5 Å². The lowest BCUT2D eigenvalue weighted by atomic mass is 10.3. The molecule has 0 aliphatic rings. The van der Waals surface area contributed by atoms with Gasteiger partial charge in [-0.25, -0.2) is 13.6 Å². The van der Waals surface area contributed by atoms with Crippen LogP contribution < -0.4 is 19.4 Å². The zero-order valence-corrected chi connectivity index (χ0v) is 17.2. The SMILES string of the molecule is C=CCn1c(=NC(=O)COc2cccc(OC)c2)sc2cc(S(N)(=O)=O)ccc21. The molecule has 29 heavy (non-hydrogen) atoms. The Morgan fingerprint density at radius 3 is 2.72 bits per heavy atom. The van der Waals surface area contributed by atoms with Gasteiger partial charge < -0.3 is 14.0 Å². The molecule has 0 unspecified atom stereocenters. The minimum absolute atomic E-state index is 0.00348. The van der Waals surface area contributed by atoms with Crippen molar-refractivity contribution in [2.24, 2.45) is 10.1 Å². The Morgan fingerprint density at radius 2 is 2.03 bits per heavy atom. The molecule has 8 nitrogen and oxygen atoms in total. The van der Waals surface area contributed by atoms with Gasteiger partial charge in [0, 0.05) is 12.6 Å². The highest BCUT2D eigenvalue weighted by Crippen LogP contribution is 2.22. The molecule has 3 aromatic rings. The lowest BCUT2D eigenvalue weighted by Crippen LogP contribution is -2.19. The topological polar surface area (TPSA) is 113 Å². The van der Waals surface area contributed by atoms with E-state index in [0.717, 1.165) is 5.52 Å². The van der Waals surface area contributed by atoms with Gasteiger partial charge in [-0.05, 0) is 30.3 Å². The number of aromatic nitrogens is 1. The van der Waals surface area contributed by atoms with Crippen molar-refractivity contribution in [1.82, 2.24) is 4.57 Å². The standard InChI is InChI=1S/C19H19N3O5S2/c1-3-9-22-16-8-7-15(29(20,24)25)11-17(16)28-19(22)21-18(23)12-27-14-6-4-5-13(10-14)26-2/h3-8,10-11H,1,9,12H2,2H3,(H2,20,24,25). The molecule has 2 aromatic carbocycles. The number of fused-ring (bicyclic) bond motifs is 1. The van der Waals surface area contributed by atoms with Crippen molar-refractivity contribution in [2.75, 3.05) is 13.7 Å². The first kappa shape index (κ1) is 20.8. The molecule has 0 fully saturated rings. The highest BCUT2D eigenvalue weighted by molar-refractivity contribution is 7.89. The van der Waals surface area contributed by atoms with Crippen LogP contribution in [0.15, 0.2) is 65.0 Å². The highest BCUT2D eigenvalue weighted by atomic mass is 32.2. The number of rotatable bonds is 7. The predicted octanol–water partition coefficient (Wildman–Crippen LogP) is 2.05. The molecule has 1 heterocycles. The molecule has 0 radical (unpaired) electrons. The van der Waals surface area contributed by atoms with Crippen molar-refractivity contribution in [3.8, 4) is 11.5 Å². The van der Waals surface area contributed by atoms with E-state index in [1.165, 1.54) is 23.5 Å². The van der Waals surface area contributed by atoms with Gasteiger partial charge in [-0.1, -0.05) is 23.5 Å². The van der Waals surface area contributed by atoms with Crippen molar-refractivity contribution >= 4 is 37.5 Å². The molecule has 0 saturated carbocycles. The first-order valence-corrected chi connectivity index (χ1v) is 10.8. The summed E-state index contributed by atoms with van der Waals surface area (Å²) < 4.78 is 36.2. The molecule has 2 N–H and O–H groups in total. The van der Waals surface area contributed by atoms with E-state index in [1.807, 2.05) is 0 Å². The van der Waals surface area contributed by atoms with Crippen molar-refractivity contribution in [2.45, 2.75) is 11.4 Å². The summed E-state index contributed by atoms with van der Waals surface area (Å²) in [5.41, 5.74) is 0.725. The van der Waals surface area contributed by atoms with Gasteiger partial charge in [-0.2, -0.15) is 4.99 Å². The number of carbonyl (C=O) groups excluding carboxylic acids is 1. The number of methoxy groups -OCH3 is 1. The Labute approximate surface area is 171 Å². The average molecular weight is 434 g/mol. The number of carbonyl (C=O) groups is 1. The molecular formula is C19H19N3O5S2. The third-order valence-electron chi connectivity index (χ3n) is 3.92. The molecule has 0 saturated heterocycles.